The maximum Gasteiger partial charge on any atom is 0.356 e. The summed E-state index contributed by atoms with van der Waals surface area (Å²) in [6.07, 6.45) is 0.590. The van der Waals surface area contributed by atoms with Gasteiger partial charge in [-0.2, -0.15) is 5.10 Å². The quantitative estimate of drug-likeness (QED) is 0.865. The van der Waals surface area contributed by atoms with Crippen LogP contribution in [-0.4, -0.2) is 27.9 Å². The molecule has 0 aliphatic rings. The van der Waals surface area contributed by atoms with Gasteiger partial charge in [-0.1, -0.05) is 6.07 Å². The molecule has 0 amide bonds. The lowest BCUT2D eigenvalue weighted by Gasteiger charge is -2.07. The maximum absolute atomic E-state index is 10.7. The Morgan fingerprint density at radius 2 is 2.11 bits per heavy atom. The highest BCUT2D eigenvalue weighted by atomic mass is 16.5. The number of H-pyrrole nitrogens is 1. The Morgan fingerprint density at radius 3 is 2.74 bits per heavy atom. The number of benzene rings is 1. The smallest absolute Gasteiger partial charge is 0.356 e. The van der Waals surface area contributed by atoms with Crippen LogP contribution < -0.4 is 4.74 Å². The van der Waals surface area contributed by atoms with Gasteiger partial charge in [-0.15, -0.1) is 0 Å². The molecule has 0 saturated heterocycles. The predicted octanol–water partition coefficient (Wildman–Crippen LogP) is 2.35. The molecule has 0 atom stereocenters. The number of carboxylic acid groups (broad SMARTS) is 1. The molecule has 0 aliphatic carbocycles. The second kappa shape index (κ2) is 5.56. The molecule has 0 aliphatic heterocycles. The van der Waals surface area contributed by atoms with Crippen LogP contribution >= 0.6 is 0 Å². The fraction of sp³-hybridized carbons (Fsp3) is 0.286. The largest absolute Gasteiger partial charge is 0.493 e. The molecular weight excluding hydrogens is 244 g/mol. The van der Waals surface area contributed by atoms with Gasteiger partial charge in [0, 0.05) is 12.1 Å². The van der Waals surface area contributed by atoms with E-state index in [0.29, 0.717) is 13.0 Å². The van der Waals surface area contributed by atoms with Crippen molar-refractivity contribution in [2.24, 2.45) is 0 Å². The van der Waals surface area contributed by atoms with Crippen LogP contribution in [-0.2, 0) is 6.42 Å². The van der Waals surface area contributed by atoms with E-state index in [0.717, 1.165) is 11.4 Å². The highest BCUT2D eigenvalue weighted by Gasteiger charge is 2.07. The molecule has 0 bridgehead atoms. The van der Waals surface area contributed by atoms with E-state index in [2.05, 4.69) is 17.1 Å². The van der Waals surface area contributed by atoms with Gasteiger partial charge in [0.15, 0.2) is 5.69 Å². The predicted molar refractivity (Wildman–Crippen MR) is 70.7 cm³/mol. The van der Waals surface area contributed by atoms with E-state index < -0.39 is 5.97 Å². The van der Waals surface area contributed by atoms with E-state index in [1.54, 1.807) is 0 Å². The molecule has 0 saturated carbocycles. The molecule has 100 valence electrons. The zero-order valence-corrected chi connectivity index (χ0v) is 10.9. The lowest BCUT2D eigenvalue weighted by atomic mass is 10.1. The number of aryl methyl sites for hydroxylation is 2. The summed E-state index contributed by atoms with van der Waals surface area (Å²) in [5, 5.41) is 15.1. The second-order valence-corrected chi connectivity index (χ2v) is 4.43. The molecule has 0 spiro atoms. The van der Waals surface area contributed by atoms with Crippen molar-refractivity contribution in [1.29, 1.82) is 0 Å². The number of hydrogen-bond donors (Lipinski definition) is 2. The number of hydrogen-bond acceptors (Lipinski definition) is 3. The average molecular weight is 260 g/mol. The van der Waals surface area contributed by atoms with Crippen LogP contribution in [0.3, 0.4) is 0 Å². The van der Waals surface area contributed by atoms with Crippen LogP contribution in [0, 0.1) is 13.8 Å². The lowest BCUT2D eigenvalue weighted by molar-refractivity contribution is 0.0690. The second-order valence-electron chi connectivity index (χ2n) is 4.43. The molecule has 0 radical (unpaired) electrons. The Morgan fingerprint density at radius 1 is 1.32 bits per heavy atom. The number of carbonyl (C=O) groups is 1. The highest BCUT2D eigenvalue weighted by molar-refractivity contribution is 5.85. The van der Waals surface area contributed by atoms with Gasteiger partial charge in [-0.05, 0) is 43.2 Å². The van der Waals surface area contributed by atoms with Gasteiger partial charge in [0.25, 0.3) is 0 Å². The number of nitrogens with zero attached hydrogens (tertiary/aromatic N) is 1. The summed E-state index contributed by atoms with van der Waals surface area (Å²) in [6.45, 7) is 4.57. The van der Waals surface area contributed by atoms with Crippen molar-refractivity contribution in [3.05, 3.63) is 46.8 Å². The molecule has 5 heteroatoms. The zero-order valence-electron chi connectivity index (χ0n) is 10.9. The molecule has 1 aromatic carbocycles. The molecule has 2 N–H and O–H groups in total. The minimum atomic E-state index is -1.03. The molecule has 0 fully saturated rings. The molecule has 1 aromatic heterocycles. The summed E-state index contributed by atoms with van der Waals surface area (Å²) in [4.78, 5) is 10.7. The van der Waals surface area contributed by atoms with Gasteiger partial charge in [-0.25, -0.2) is 4.79 Å². The third-order valence-corrected chi connectivity index (χ3v) is 2.97. The Kier molecular flexibility index (Phi) is 3.85. The first-order chi connectivity index (χ1) is 9.06. The number of nitrogens with one attached hydrogen (secondary N) is 1. The van der Waals surface area contributed by atoms with Crippen LogP contribution in [0.2, 0.25) is 0 Å². The first kappa shape index (κ1) is 13.1. The standard InChI is InChI=1S/C14H16N2O3/c1-9-3-4-12(7-10(9)2)19-6-5-11-8-13(14(17)18)16-15-11/h3-4,7-8H,5-6H2,1-2H3,(H,15,16)(H,17,18). The summed E-state index contributed by atoms with van der Waals surface area (Å²) >= 11 is 0. The summed E-state index contributed by atoms with van der Waals surface area (Å²) in [5.41, 5.74) is 3.20. The Bertz CT molecular complexity index is 590. The van der Waals surface area contributed by atoms with Crippen molar-refractivity contribution < 1.29 is 14.6 Å². The molecule has 2 rings (SSSR count). The normalized spacial score (nSPS) is 10.4. The van der Waals surface area contributed by atoms with Crippen molar-refractivity contribution in [2.75, 3.05) is 6.61 Å². The van der Waals surface area contributed by atoms with Gasteiger partial charge in [0.1, 0.15) is 5.75 Å². The SMILES string of the molecule is Cc1ccc(OCCc2cc(C(=O)O)n[nH]2)cc1C. The maximum atomic E-state index is 10.7. The van der Waals surface area contributed by atoms with E-state index in [4.69, 9.17) is 9.84 Å². The summed E-state index contributed by atoms with van der Waals surface area (Å²) < 4.78 is 5.62. The molecule has 19 heavy (non-hydrogen) atoms. The molecule has 5 nitrogen and oxygen atoms in total. The van der Waals surface area contributed by atoms with E-state index in [1.165, 1.54) is 17.2 Å². The van der Waals surface area contributed by atoms with Gasteiger partial charge >= 0.3 is 5.97 Å². The Labute approximate surface area is 111 Å². The van der Waals surface area contributed by atoms with Crippen molar-refractivity contribution in [1.82, 2.24) is 10.2 Å². The zero-order chi connectivity index (χ0) is 13.8. The average Bonchev–Trinajstić information content (AvgIpc) is 2.83. The first-order valence-corrected chi connectivity index (χ1v) is 6.04. The fourth-order valence-corrected chi connectivity index (χ4v) is 1.68. The van der Waals surface area contributed by atoms with Crippen LogP contribution in [0.15, 0.2) is 24.3 Å². The third kappa shape index (κ3) is 3.34. The van der Waals surface area contributed by atoms with Crippen LogP contribution in [0.5, 0.6) is 5.75 Å². The van der Waals surface area contributed by atoms with Gasteiger partial charge in [0.05, 0.1) is 6.61 Å². The molecule has 2 aromatic rings. The van der Waals surface area contributed by atoms with Crippen molar-refractivity contribution in [2.45, 2.75) is 20.3 Å². The van der Waals surface area contributed by atoms with Crippen molar-refractivity contribution >= 4 is 5.97 Å². The van der Waals surface area contributed by atoms with Crippen molar-refractivity contribution in [3.8, 4) is 5.75 Å². The van der Waals surface area contributed by atoms with Crippen LogP contribution in [0.25, 0.3) is 0 Å². The van der Waals surface area contributed by atoms with Gasteiger partial charge in [0.2, 0.25) is 0 Å². The monoisotopic (exact) mass is 260 g/mol. The molecule has 0 unspecified atom stereocenters. The lowest BCUT2D eigenvalue weighted by Crippen LogP contribution is -2.02. The topological polar surface area (TPSA) is 75.2 Å². The number of aromatic carboxylic acids is 1. The van der Waals surface area contributed by atoms with Crippen molar-refractivity contribution in [3.63, 3.8) is 0 Å². The summed E-state index contributed by atoms with van der Waals surface area (Å²) in [5.74, 6) is -0.210. The van der Waals surface area contributed by atoms with E-state index in [1.807, 2.05) is 25.1 Å². The Balaban J connectivity index is 1.88. The molecular formula is C14H16N2O3. The minimum Gasteiger partial charge on any atom is -0.493 e. The van der Waals surface area contributed by atoms with Gasteiger partial charge < -0.3 is 9.84 Å². The van der Waals surface area contributed by atoms with Crippen LogP contribution in [0.1, 0.15) is 27.3 Å². The highest BCUT2D eigenvalue weighted by Crippen LogP contribution is 2.16. The molecule has 1 heterocycles. The third-order valence-electron chi connectivity index (χ3n) is 2.97. The summed E-state index contributed by atoms with van der Waals surface area (Å²) in [7, 11) is 0. The number of rotatable bonds is 5. The van der Waals surface area contributed by atoms with E-state index >= 15 is 0 Å². The number of aromatic amines is 1. The summed E-state index contributed by atoms with van der Waals surface area (Å²) in [6, 6.07) is 7.46. The fourth-order valence-electron chi connectivity index (χ4n) is 1.68. The van der Waals surface area contributed by atoms with Crippen LogP contribution in [0.4, 0.5) is 0 Å². The van der Waals surface area contributed by atoms with E-state index in [9.17, 15) is 4.79 Å². The van der Waals surface area contributed by atoms with Gasteiger partial charge in [-0.3, -0.25) is 5.10 Å². The number of carboxylic acids is 1. The minimum absolute atomic E-state index is 0.0289. The Hall–Kier alpha value is -2.30. The van der Waals surface area contributed by atoms with E-state index in [-0.39, 0.29) is 5.69 Å². The first-order valence-electron chi connectivity index (χ1n) is 6.04. The number of aromatic nitrogens is 2. The number of ether oxygens (including phenoxy) is 1.